The number of ether oxygens (including phenoxy) is 2. The minimum Gasteiger partial charge on any atom is -0.444 e. The molecule has 2 heterocycles. The Bertz CT molecular complexity index is 3650. The maximum atomic E-state index is 13.6. The Kier molecular flexibility index (Phi) is 24.9. The van der Waals surface area contributed by atoms with Gasteiger partial charge in [-0.25, -0.2) is 55.4 Å². The van der Waals surface area contributed by atoms with E-state index in [1.807, 2.05) is 102 Å². The van der Waals surface area contributed by atoms with E-state index in [9.17, 15) is 36.0 Å². The number of rotatable bonds is 16. The molecule has 90 heavy (non-hydrogen) atoms. The number of sulfonamides is 2. The number of aromatic nitrogens is 2. The van der Waals surface area contributed by atoms with Crippen LogP contribution < -0.4 is 41.3 Å². The Morgan fingerprint density at radius 2 is 0.989 bits per heavy atom. The quantitative estimate of drug-likeness (QED) is 0.0436. The van der Waals surface area contributed by atoms with Gasteiger partial charge < -0.3 is 46.5 Å². The Hall–Kier alpha value is -7.26. The van der Waals surface area contributed by atoms with Crippen molar-refractivity contribution in [2.75, 3.05) is 17.7 Å². The van der Waals surface area contributed by atoms with Crippen molar-refractivity contribution in [3.8, 4) is 20.9 Å². The fourth-order valence-corrected chi connectivity index (χ4v) is 15.2. The Balaban J connectivity index is 0.000000279. The highest BCUT2D eigenvalue weighted by molar-refractivity contribution is 7.90. The van der Waals surface area contributed by atoms with Crippen molar-refractivity contribution in [3.05, 3.63) is 137 Å². The largest absolute Gasteiger partial charge is 0.444 e. The van der Waals surface area contributed by atoms with E-state index in [4.69, 9.17) is 14.6 Å². The summed E-state index contributed by atoms with van der Waals surface area (Å²) in [6.45, 7) is 22.3. The van der Waals surface area contributed by atoms with Crippen LogP contribution in [0.5, 0.6) is 0 Å². The number of nitrogens with zero attached hydrogens (tertiary/aromatic N) is 2. The van der Waals surface area contributed by atoms with Gasteiger partial charge in [0.1, 0.15) is 16.2 Å². The van der Waals surface area contributed by atoms with Crippen LogP contribution in [0.25, 0.3) is 26.5 Å². The third-order valence-corrected chi connectivity index (χ3v) is 19.2. The molecule has 6 aromatic rings. The SMILES string of the molecule is CC(C)(C)NS(=O)(=O)c1cc(NC(=O)NCc2ccccc2)ccc1-c1cnc(C2=CCC(NC(=O)OC(C)(C)C)CC2)s1.CC(C)(C)NS(=O)(=O)c1cc(NC(=O)NCc2ccccc2)ccc1-c1cnc(C2CCC(NC(=O)OC(C)(C)C)CC2)s1.CO. The first-order valence-corrected chi connectivity index (χ1v) is 34.3. The smallest absolute Gasteiger partial charge is 0.407 e. The molecular weight excluding hydrogens is 1230 g/mol. The number of alkyl carbamates (subject to hydrolysis) is 2. The zero-order valence-electron chi connectivity index (χ0n) is 53.6. The maximum absolute atomic E-state index is 13.6. The number of urea groups is 2. The number of carbonyl (C=O) groups excluding carboxylic acids is 4. The third-order valence-electron chi connectivity index (χ3n) is 13.3. The summed E-state index contributed by atoms with van der Waals surface area (Å²) in [5.41, 5.74) is 2.11. The van der Waals surface area contributed by atoms with E-state index in [2.05, 4.69) is 57.4 Å². The van der Waals surface area contributed by atoms with E-state index in [-0.39, 0.29) is 27.8 Å². The van der Waals surface area contributed by atoms with Crippen molar-refractivity contribution >= 4 is 83.9 Å². The second kappa shape index (κ2) is 31.2. The minimum absolute atomic E-state index is 0.0295. The summed E-state index contributed by atoms with van der Waals surface area (Å²) < 4.78 is 70.6. The molecule has 1 fully saturated rings. The molecule has 25 heteroatoms. The number of benzene rings is 4. The zero-order chi connectivity index (χ0) is 66.2. The molecule has 2 aliphatic rings. The number of anilines is 2. The van der Waals surface area contributed by atoms with E-state index < -0.39 is 66.6 Å². The van der Waals surface area contributed by atoms with Crippen LogP contribution in [0.15, 0.2) is 125 Å². The topological polar surface area (TPSA) is 297 Å². The molecular formula is C65H88N10O11S4. The normalized spacial score (nSPS) is 16.3. The summed E-state index contributed by atoms with van der Waals surface area (Å²) in [7, 11) is -6.92. The summed E-state index contributed by atoms with van der Waals surface area (Å²) in [5, 5.41) is 25.7. The first-order valence-electron chi connectivity index (χ1n) is 29.7. The standard InChI is InChI=1S/C32H43N5O5S2.C32H41N5O5S2.CH4O/c2*1-31(2,3)37-44(40,41)27-18-24(35-29(38)34-19-21-10-8-7-9-11-21)16-17-25(27)26-20-33-28(43-26)22-12-14-23(15-13-22)36-30(39)42-32(4,5)6;1-2/h7-11,16-18,20,22-23,37H,12-15,19H2,1-6H3,(H,36,39)(H2,34,35,38);7-12,16-18,20,23,37H,13-15,19H2,1-6H3,(H,36,39)(H2,34,35,38);2H,1H3. The molecule has 0 aliphatic heterocycles. The van der Waals surface area contributed by atoms with Crippen LogP contribution in [0, 0.1) is 0 Å². The van der Waals surface area contributed by atoms with Gasteiger partial charge in [0.2, 0.25) is 20.0 Å². The number of aliphatic hydroxyl groups is 1. The lowest BCUT2D eigenvalue weighted by Crippen LogP contribution is -2.40. The molecule has 1 unspecified atom stereocenters. The van der Waals surface area contributed by atoms with Gasteiger partial charge in [0.25, 0.3) is 0 Å². The van der Waals surface area contributed by atoms with Gasteiger partial charge in [0.05, 0.1) is 24.6 Å². The zero-order valence-corrected chi connectivity index (χ0v) is 56.9. The van der Waals surface area contributed by atoms with E-state index in [1.54, 1.807) is 78.2 Å². The molecule has 6 amide bonds. The van der Waals surface area contributed by atoms with Crippen LogP contribution >= 0.6 is 22.7 Å². The van der Waals surface area contributed by atoms with Crippen LogP contribution in [-0.4, -0.2) is 97.6 Å². The number of amides is 6. The van der Waals surface area contributed by atoms with E-state index in [1.165, 1.54) is 34.8 Å². The molecule has 8 rings (SSSR count). The average Bonchev–Trinajstić information content (AvgIpc) is 1.38. The van der Waals surface area contributed by atoms with Crippen molar-refractivity contribution in [1.82, 2.24) is 40.7 Å². The lowest BCUT2D eigenvalue weighted by Gasteiger charge is -2.29. The van der Waals surface area contributed by atoms with E-state index in [0.717, 1.165) is 70.8 Å². The lowest BCUT2D eigenvalue weighted by molar-refractivity contribution is 0.0483. The monoisotopic (exact) mass is 1310 g/mol. The first kappa shape index (κ1) is 71.8. The van der Waals surface area contributed by atoms with Crippen LogP contribution in [0.3, 0.4) is 0 Å². The number of carbonyl (C=O) groups is 4. The van der Waals surface area contributed by atoms with Crippen LogP contribution in [0.2, 0.25) is 0 Å². The Morgan fingerprint density at radius 3 is 1.41 bits per heavy atom. The van der Waals surface area contributed by atoms with Crippen LogP contribution in [-0.2, 0) is 42.6 Å². The van der Waals surface area contributed by atoms with Gasteiger partial charge in [-0.1, -0.05) is 78.9 Å². The number of allylic oxidation sites excluding steroid dienone is 1. The van der Waals surface area contributed by atoms with Gasteiger partial charge in [-0.15, -0.1) is 22.7 Å². The lowest BCUT2D eigenvalue weighted by atomic mass is 9.86. The van der Waals surface area contributed by atoms with Crippen molar-refractivity contribution < 1.29 is 50.6 Å². The van der Waals surface area contributed by atoms with Gasteiger partial charge in [-0.2, -0.15) is 0 Å². The average molecular weight is 1310 g/mol. The molecule has 0 spiro atoms. The second-order valence-corrected chi connectivity index (χ2v) is 31.2. The molecule has 2 aliphatic carbocycles. The highest BCUT2D eigenvalue weighted by Gasteiger charge is 2.32. The van der Waals surface area contributed by atoms with Crippen molar-refractivity contribution in [1.29, 1.82) is 0 Å². The number of hydrogen-bond donors (Lipinski definition) is 9. The molecule has 0 bridgehead atoms. The van der Waals surface area contributed by atoms with Crippen LogP contribution in [0.4, 0.5) is 30.6 Å². The highest BCUT2D eigenvalue weighted by atomic mass is 32.2. The number of hydrogen-bond acceptors (Lipinski definition) is 15. The van der Waals surface area contributed by atoms with Crippen molar-refractivity contribution in [3.63, 3.8) is 0 Å². The summed E-state index contributed by atoms with van der Waals surface area (Å²) >= 11 is 2.88. The minimum atomic E-state index is -3.97. The number of nitrogens with one attached hydrogen (secondary N) is 8. The third kappa shape index (κ3) is 23.2. The molecule has 0 radical (unpaired) electrons. The molecule has 1 atom stereocenters. The maximum Gasteiger partial charge on any atom is 0.407 e. The molecule has 488 valence electrons. The molecule has 2 aromatic heterocycles. The second-order valence-electron chi connectivity index (χ2n) is 25.9. The summed E-state index contributed by atoms with van der Waals surface area (Å²) in [6, 6.07) is 27.9. The van der Waals surface area contributed by atoms with E-state index >= 15 is 0 Å². The van der Waals surface area contributed by atoms with Gasteiger partial charge in [-0.05, 0) is 169 Å². The Labute approximate surface area is 538 Å². The fraction of sp³-hybridized carbons (Fsp3) is 0.446. The van der Waals surface area contributed by atoms with Crippen molar-refractivity contribution in [2.24, 2.45) is 0 Å². The first-order chi connectivity index (χ1) is 42.2. The molecule has 9 N–H and O–H groups in total. The summed E-state index contributed by atoms with van der Waals surface area (Å²) in [6.07, 6.45) is 10.0. The van der Waals surface area contributed by atoms with Gasteiger partial charge in [0, 0.05) is 84.2 Å². The fourth-order valence-electron chi connectivity index (χ4n) is 9.62. The summed E-state index contributed by atoms with van der Waals surface area (Å²) in [5.74, 6) is 0.215. The van der Waals surface area contributed by atoms with Gasteiger partial charge in [0.15, 0.2) is 0 Å². The predicted octanol–water partition coefficient (Wildman–Crippen LogP) is 13.0. The highest BCUT2D eigenvalue weighted by Crippen LogP contribution is 2.41. The van der Waals surface area contributed by atoms with Crippen molar-refractivity contribution in [2.45, 2.75) is 191 Å². The number of thiazole rings is 2. The summed E-state index contributed by atoms with van der Waals surface area (Å²) in [4.78, 5) is 60.4. The molecule has 4 aromatic carbocycles. The van der Waals surface area contributed by atoms with Crippen LogP contribution in [0.1, 0.15) is 155 Å². The van der Waals surface area contributed by atoms with E-state index in [0.29, 0.717) is 53.3 Å². The van der Waals surface area contributed by atoms with Gasteiger partial charge >= 0.3 is 24.2 Å². The van der Waals surface area contributed by atoms with Gasteiger partial charge in [-0.3, -0.25) is 0 Å². The number of aliphatic hydroxyl groups excluding tert-OH is 1. The Morgan fingerprint density at radius 1 is 0.556 bits per heavy atom. The molecule has 21 nitrogen and oxygen atoms in total. The molecule has 1 saturated carbocycles. The predicted molar refractivity (Wildman–Crippen MR) is 357 cm³/mol. The molecule has 0 saturated heterocycles.